The van der Waals surface area contributed by atoms with Crippen molar-refractivity contribution in [2.45, 2.75) is 18.0 Å². The van der Waals surface area contributed by atoms with Gasteiger partial charge < -0.3 is 5.11 Å². The molecule has 6 nitrogen and oxygen atoms in total. The Morgan fingerprint density at radius 2 is 1.54 bits per heavy atom. The van der Waals surface area contributed by atoms with Gasteiger partial charge in [0.25, 0.3) is 0 Å². The fourth-order valence-electron chi connectivity index (χ4n) is 2.42. The second-order valence-corrected chi connectivity index (χ2v) is 7.29. The molecule has 0 bridgehead atoms. The molecule has 150 valence electrons. The molecule has 3 N–H and O–H groups in total. The van der Waals surface area contributed by atoms with Gasteiger partial charge in [0.2, 0.25) is 10.0 Å². The molecule has 1 aromatic heterocycles. The molecule has 0 amide bonds. The molecular formula is C18H18F3N3O3S. The average Bonchev–Trinajstić information content (AvgIpc) is 3.09. The van der Waals surface area contributed by atoms with E-state index in [-0.39, 0.29) is 16.3 Å². The summed E-state index contributed by atoms with van der Waals surface area (Å²) in [6.07, 6.45) is -4.61. The molecule has 2 aromatic carbocycles. The molecule has 0 unspecified atom stereocenters. The van der Waals surface area contributed by atoms with Gasteiger partial charge in [-0.1, -0.05) is 29.8 Å². The van der Waals surface area contributed by atoms with Crippen molar-refractivity contribution in [1.29, 1.82) is 0 Å². The SMILES string of the molecule is CO.Cc1ccc(-c2cc(C(F)(F)F)nn2-c2ccc(S(N)(=O)=O)cc2)cc1. The number of nitrogens with two attached hydrogens (primary N) is 1. The van der Waals surface area contributed by atoms with Crippen molar-refractivity contribution in [3.05, 3.63) is 65.9 Å². The van der Waals surface area contributed by atoms with E-state index in [9.17, 15) is 21.6 Å². The monoisotopic (exact) mass is 413 g/mol. The summed E-state index contributed by atoms with van der Waals surface area (Å²) in [6.45, 7) is 1.87. The molecular weight excluding hydrogens is 395 g/mol. The highest BCUT2D eigenvalue weighted by atomic mass is 32.2. The number of aliphatic hydroxyl groups is 1. The number of sulfonamides is 1. The molecule has 0 fully saturated rings. The number of primary sulfonamides is 1. The molecule has 28 heavy (non-hydrogen) atoms. The molecule has 0 saturated heterocycles. The van der Waals surface area contributed by atoms with Crippen LogP contribution in [0.25, 0.3) is 16.9 Å². The number of rotatable bonds is 3. The van der Waals surface area contributed by atoms with Crippen molar-refractivity contribution in [3.63, 3.8) is 0 Å². The van der Waals surface area contributed by atoms with E-state index in [1.165, 1.54) is 24.3 Å². The van der Waals surface area contributed by atoms with Gasteiger partial charge in [-0.15, -0.1) is 0 Å². The molecule has 1 heterocycles. The number of hydrogen-bond donors (Lipinski definition) is 2. The van der Waals surface area contributed by atoms with Gasteiger partial charge in [-0.3, -0.25) is 0 Å². The summed E-state index contributed by atoms with van der Waals surface area (Å²) in [4.78, 5) is -0.138. The van der Waals surface area contributed by atoms with E-state index < -0.39 is 21.9 Å². The van der Waals surface area contributed by atoms with Crippen LogP contribution in [-0.4, -0.2) is 30.4 Å². The highest BCUT2D eigenvalue weighted by molar-refractivity contribution is 7.89. The molecule has 10 heteroatoms. The van der Waals surface area contributed by atoms with Crippen molar-refractivity contribution < 1.29 is 26.7 Å². The molecule has 0 aliphatic rings. The van der Waals surface area contributed by atoms with Crippen LogP contribution in [0.3, 0.4) is 0 Å². The molecule has 0 saturated carbocycles. The largest absolute Gasteiger partial charge is 0.435 e. The van der Waals surface area contributed by atoms with Crippen LogP contribution in [0, 0.1) is 6.92 Å². The number of nitrogens with zero attached hydrogens (tertiary/aromatic N) is 2. The van der Waals surface area contributed by atoms with Crippen molar-refractivity contribution >= 4 is 10.0 Å². The van der Waals surface area contributed by atoms with Crippen LogP contribution in [-0.2, 0) is 16.2 Å². The van der Waals surface area contributed by atoms with Crippen LogP contribution in [0.4, 0.5) is 13.2 Å². The summed E-state index contributed by atoms with van der Waals surface area (Å²) in [5, 5.41) is 15.7. The van der Waals surface area contributed by atoms with E-state index in [2.05, 4.69) is 5.10 Å². The standard InChI is InChI=1S/C17H14F3N3O2S.CH4O/c1-11-2-4-12(5-3-11)15-10-16(17(18,19)20)22-23(15)13-6-8-14(9-7-13)26(21,24)25;1-2/h2-10H,1H3,(H2,21,24,25);2H,1H3. The zero-order chi connectivity index (χ0) is 21.1. The van der Waals surface area contributed by atoms with E-state index >= 15 is 0 Å². The van der Waals surface area contributed by atoms with Gasteiger partial charge in [0.1, 0.15) is 0 Å². The normalized spacial score (nSPS) is 11.7. The Hall–Kier alpha value is -2.69. The van der Waals surface area contributed by atoms with Gasteiger partial charge in [-0.05, 0) is 37.3 Å². The van der Waals surface area contributed by atoms with Gasteiger partial charge in [0.15, 0.2) is 5.69 Å². The number of alkyl halides is 3. The summed E-state index contributed by atoms with van der Waals surface area (Å²) >= 11 is 0. The number of aryl methyl sites for hydroxylation is 1. The van der Waals surface area contributed by atoms with Crippen LogP contribution < -0.4 is 5.14 Å². The smallest absolute Gasteiger partial charge is 0.400 e. The average molecular weight is 413 g/mol. The third kappa shape index (κ3) is 4.77. The Bertz CT molecular complexity index is 1040. The van der Waals surface area contributed by atoms with E-state index in [1.54, 1.807) is 24.3 Å². The Balaban J connectivity index is 0.00000136. The zero-order valence-corrected chi connectivity index (χ0v) is 15.8. The van der Waals surface area contributed by atoms with Crippen LogP contribution in [0.2, 0.25) is 0 Å². The van der Waals surface area contributed by atoms with E-state index in [1.807, 2.05) is 6.92 Å². The first-order valence-corrected chi connectivity index (χ1v) is 9.42. The molecule has 0 aliphatic heterocycles. The number of aliphatic hydroxyl groups excluding tert-OH is 1. The number of benzene rings is 2. The molecule has 3 aromatic rings. The van der Waals surface area contributed by atoms with E-state index in [4.69, 9.17) is 10.2 Å². The highest BCUT2D eigenvalue weighted by Gasteiger charge is 2.35. The summed E-state index contributed by atoms with van der Waals surface area (Å²) in [5.41, 5.74) is 0.996. The lowest BCUT2D eigenvalue weighted by Gasteiger charge is -2.09. The predicted octanol–water partition coefficient (Wildman–Crippen LogP) is 3.12. The second kappa shape index (κ2) is 8.13. The summed E-state index contributed by atoms with van der Waals surface area (Å²) < 4.78 is 63.2. The minimum Gasteiger partial charge on any atom is -0.400 e. The lowest BCUT2D eigenvalue weighted by atomic mass is 10.1. The first-order valence-electron chi connectivity index (χ1n) is 7.88. The summed E-state index contributed by atoms with van der Waals surface area (Å²) in [5.74, 6) is 0. The maximum absolute atomic E-state index is 13.1. The van der Waals surface area contributed by atoms with Crippen molar-refractivity contribution in [2.75, 3.05) is 7.11 Å². The van der Waals surface area contributed by atoms with Crippen molar-refractivity contribution in [2.24, 2.45) is 5.14 Å². The van der Waals surface area contributed by atoms with Crippen LogP contribution in [0.15, 0.2) is 59.5 Å². The van der Waals surface area contributed by atoms with Gasteiger partial charge >= 0.3 is 6.18 Å². The molecule has 0 aliphatic carbocycles. The Kier molecular flexibility index (Phi) is 6.27. The molecule has 3 rings (SSSR count). The molecule has 0 radical (unpaired) electrons. The summed E-state index contributed by atoms with van der Waals surface area (Å²) in [6, 6.07) is 13.1. The summed E-state index contributed by atoms with van der Waals surface area (Å²) in [7, 11) is -2.90. The highest BCUT2D eigenvalue weighted by Crippen LogP contribution is 2.33. The quantitative estimate of drug-likeness (QED) is 0.689. The first kappa shape index (κ1) is 21.6. The van der Waals surface area contributed by atoms with Crippen molar-refractivity contribution in [3.8, 4) is 16.9 Å². The van der Waals surface area contributed by atoms with E-state index in [0.29, 0.717) is 5.56 Å². The molecule has 0 atom stereocenters. The van der Waals surface area contributed by atoms with Crippen molar-refractivity contribution in [1.82, 2.24) is 9.78 Å². The van der Waals surface area contributed by atoms with Gasteiger partial charge in [-0.25, -0.2) is 18.2 Å². The zero-order valence-electron chi connectivity index (χ0n) is 15.0. The fourth-order valence-corrected chi connectivity index (χ4v) is 2.94. The predicted molar refractivity (Wildman–Crippen MR) is 98.3 cm³/mol. The lowest BCUT2D eigenvalue weighted by Crippen LogP contribution is -2.12. The number of aromatic nitrogens is 2. The Morgan fingerprint density at radius 3 is 2.00 bits per heavy atom. The Labute approximate surface area is 160 Å². The minimum absolute atomic E-state index is 0.138. The van der Waals surface area contributed by atoms with E-state index in [0.717, 1.165) is 23.4 Å². The van der Waals surface area contributed by atoms with Gasteiger partial charge in [0, 0.05) is 12.7 Å². The third-order valence-electron chi connectivity index (χ3n) is 3.76. The van der Waals surface area contributed by atoms with Crippen LogP contribution in [0.5, 0.6) is 0 Å². The molecule has 0 spiro atoms. The number of hydrogen-bond acceptors (Lipinski definition) is 4. The van der Waals surface area contributed by atoms with Crippen LogP contribution in [0.1, 0.15) is 11.3 Å². The van der Waals surface area contributed by atoms with Gasteiger partial charge in [0.05, 0.1) is 16.3 Å². The second-order valence-electron chi connectivity index (χ2n) is 5.73. The lowest BCUT2D eigenvalue weighted by molar-refractivity contribution is -0.141. The topological polar surface area (TPSA) is 98.2 Å². The van der Waals surface area contributed by atoms with Crippen LogP contribution >= 0.6 is 0 Å². The third-order valence-corrected chi connectivity index (χ3v) is 4.69. The first-order chi connectivity index (χ1) is 13.1. The Morgan fingerprint density at radius 1 is 1.00 bits per heavy atom. The number of halogens is 3. The van der Waals surface area contributed by atoms with Gasteiger partial charge in [-0.2, -0.15) is 18.3 Å². The maximum atomic E-state index is 13.1. The minimum atomic E-state index is -4.61. The maximum Gasteiger partial charge on any atom is 0.435 e. The fraction of sp³-hybridized carbons (Fsp3) is 0.167.